The molecule has 54 valence electrons. The lowest BCUT2D eigenvalue weighted by atomic mass is 10.1. The summed E-state index contributed by atoms with van der Waals surface area (Å²) in [7, 11) is 1.72. The summed E-state index contributed by atoms with van der Waals surface area (Å²) in [5.74, 6) is 0. The fourth-order valence-electron chi connectivity index (χ4n) is 1.26. The molecule has 1 unspecified atom stereocenters. The molecule has 1 heterocycles. The van der Waals surface area contributed by atoms with Gasteiger partial charge in [0.15, 0.2) is 0 Å². The minimum absolute atomic E-state index is 0.0226. The standard InChI is InChI=1S/C7H14O2/c1-7(6-8-2)4-3-5-9-7/h3-6H2,1-2H3. The Bertz CT molecular complexity index is 84.9. The van der Waals surface area contributed by atoms with Gasteiger partial charge in [0.2, 0.25) is 0 Å². The highest BCUT2D eigenvalue weighted by atomic mass is 16.5. The normalized spacial score (nSPS) is 35.3. The van der Waals surface area contributed by atoms with Crippen LogP contribution in [0.2, 0.25) is 0 Å². The highest BCUT2D eigenvalue weighted by molar-refractivity contribution is 4.78. The fraction of sp³-hybridized carbons (Fsp3) is 1.00. The number of rotatable bonds is 2. The summed E-state index contributed by atoms with van der Waals surface area (Å²) >= 11 is 0. The number of ether oxygens (including phenoxy) is 2. The third-order valence-corrected chi connectivity index (χ3v) is 1.75. The van der Waals surface area contributed by atoms with Crippen LogP contribution in [0.25, 0.3) is 0 Å². The second-order valence-electron chi connectivity index (χ2n) is 2.83. The van der Waals surface area contributed by atoms with E-state index in [1.54, 1.807) is 7.11 Å². The van der Waals surface area contributed by atoms with Gasteiger partial charge in [-0.2, -0.15) is 0 Å². The Morgan fingerprint density at radius 3 is 2.89 bits per heavy atom. The first-order valence-corrected chi connectivity index (χ1v) is 3.40. The van der Waals surface area contributed by atoms with Crippen molar-refractivity contribution < 1.29 is 9.47 Å². The molecular weight excluding hydrogens is 116 g/mol. The van der Waals surface area contributed by atoms with Crippen molar-refractivity contribution in [3.8, 4) is 0 Å². The van der Waals surface area contributed by atoms with Gasteiger partial charge in [0, 0.05) is 13.7 Å². The van der Waals surface area contributed by atoms with Gasteiger partial charge in [-0.15, -0.1) is 0 Å². The van der Waals surface area contributed by atoms with Gasteiger partial charge in [-0.3, -0.25) is 0 Å². The molecule has 0 amide bonds. The molecule has 0 bridgehead atoms. The van der Waals surface area contributed by atoms with E-state index in [9.17, 15) is 0 Å². The Kier molecular flexibility index (Phi) is 2.09. The summed E-state index contributed by atoms with van der Waals surface area (Å²) in [4.78, 5) is 0. The molecule has 1 fully saturated rings. The summed E-state index contributed by atoms with van der Waals surface area (Å²) in [5.41, 5.74) is 0.0226. The Labute approximate surface area is 56.2 Å². The first-order valence-electron chi connectivity index (χ1n) is 3.40. The molecule has 0 radical (unpaired) electrons. The summed E-state index contributed by atoms with van der Waals surface area (Å²) in [6, 6.07) is 0. The van der Waals surface area contributed by atoms with Crippen LogP contribution in [0.5, 0.6) is 0 Å². The molecule has 1 rings (SSSR count). The Hall–Kier alpha value is -0.0800. The van der Waals surface area contributed by atoms with E-state index in [1.807, 2.05) is 0 Å². The van der Waals surface area contributed by atoms with E-state index in [0.717, 1.165) is 19.6 Å². The van der Waals surface area contributed by atoms with Crippen LogP contribution in [-0.2, 0) is 9.47 Å². The number of hydrogen-bond acceptors (Lipinski definition) is 2. The highest BCUT2D eigenvalue weighted by Crippen LogP contribution is 2.24. The van der Waals surface area contributed by atoms with Gasteiger partial charge in [0.25, 0.3) is 0 Å². The van der Waals surface area contributed by atoms with E-state index < -0.39 is 0 Å². The van der Waals surface area contributed by atoms with Gasteiger partial charge in [0.1, 0.15) is 0 Å². The van der Waals surface area contributed by atoms with Crippen molar-refractivity contribution >= 4 is 0 Å². The molecule has 0 spiro atoms. The zero-order valence-corrected chi connectivity index (χ0v) is 6.14. The van der Waals surface area contributed by atoms with Crippen molar-refractivity contribution in [3.05, 3.63) is 0 Å². The van der Waals surface area contributed by atoms with Crippen LogP contribution in [0.15, 0.2) is 0 Å². The molecule has 1 saturated heterocycles. The maximum atomic E-state index is 5.46. The molecule has 1 aliphatic rings. The number of methoxy groups -OCH3 is 1. The lowest BCUT2D eigenvalue weighted by molar-refractivity contribution is -0.0378. The third kappa shape index (κ3) is 1.66. The van der Waals surface area contributed by atoms with Crippen LogP contribution in [-0.4, -0.2) is 25.9 Å². The highest BCUT2D eigenvalue weighted by Gasteiger charge is 2.29. The van der Waals surface area contributed by atoms with Crippen molar-refractivity contribution in [2.24, 2.45) is 0 Å². The van der Waals surface area contributed by atoms with Crippen molar-refractivity contribution in [2.75, 3.05) is 20.3 Å². The monoisotopic (exact) mass is 130 g/mol. The van der Waals surface area contributed by atoms with Crippen molar-refractivity contribution in [1.29, 1.82) is 0 Å². The molecule has 0 aromatic heterocycles. The Morgan fingerprint density at radius 2 is 2.44 bits per heavy atom. The summed E-state index contributed by atoms with van der Waals surface area (Å²) in [5, 5.41) is 0. The molecular formula is C7H14O2. The van der Waals surface area contributed by atoms with Crippen molar-refractivity contribution in [1.82, 2.24) is 0 Å². The van der Waals surface area contributed by atoms with Crippen LogP contribution in [0.4, 0.5) is 0 Å². The minimum atomic E-state index is 0.0226. The lowest BCUT2D eigenvalue weighted by Gasteiger charge is -2.21. The molecule has 2 heteroatoms. The lowest BCUT2D eigenvalue weighted by Crippen LogP contribution is -2.28. The van der Waals surface area contributed by atoms with E-state index >= 15 is 0 Å². The van der Waals surface area contributed by atoms with E-state index in [0.29, 0.717) is 0 Å². The summed E-state index contributed by atoms with van der Waals surface area (Å²) in [6.45, 7) is 3.73. The molecule has 2 nitrogen and oxygen atoms in total. The second-order valence-corrected chi connectivity index (χ2v) is 2.83. The minimum Gasteiger partial charge on any atom is -0.382 e. The topological polar surface area (TPSA) is 18.5 Å². The smallest absolute Gasteiger partial charge is 0.0887 e. The predicted octanol–water partition coefficient (Wildman–Crippen LogP) is 1.20. The number of hydrogen-bond donors (Lipinski definition) is 0. The van der Waals surface area contributed by atoms with Gasteiger partial charge in [0.05, 0.1) is 12.2 Å². The van der Waals surface area contributed by atoms with Gasteiger partial charge in [-0.1, -0.05) is 0 Å². The van der Waals surface area contributed by atoms with Gasteiger partial charge < -0.3 is 9.47 Å². The average Bonchev–Trinajstić information content (AvgIpc) is 2.16. The van der Waals surface area contributed by atoms with Crippen LogP contribution >= 0.6 is 0 Å². The maximum absolute atomic E-state index is 5.46. The zero-order chi connectivity index (χ0) is 6.74. The van der Waals surface area contributed by atoms with Gasteiger partial charge >= 0.3 is 0 Å². The van der Waals surface area contributed by atoms with Crippen molar-refractivity contribution in [2.45, 2.75) is 25.4 Å². The first kappa shape index (κ1) is 7.03. The Morgan fingerprint density at radius 1 is 1.67 bits per heavy atom. The van der Waals surface area contributed by atoms with Gasteiger partial charge in [-0.05, 0) is 19.8 Å². The quantitative estimate of drug-likeness (QED) is 0.559. The summed E-state index contributed by atoms with van der Waals surface area (Å²) < 4.78 is 10.5. The van der Waals surface area contributed by atoms with E-state index in [-0.39, 0.29) is 5.60 Å². The van der Waals surface area contributed by atoms with Crippen LogP contribution in [0, 0.1) is 0 Å². The molecule has 9 heavy (non-hydrogen) atoms. The molecule has 0 saturated carbocycles. The van der Waals surface area contributed by atoms with Gasteiger partial charge in [-0.25, -0.2) is 0 Å². The van der Waals surface area contributed by atoms with Crippen molar-refractivity contribution in [3.63, 3.8) is 0 Å². The molecule has 1 aliphatic heterocycles. The largest absolute Gasteiger partial charge is 0.382 e. The predicted molar refractivity (Wildman–Crippen MR) is 35.5 cm³/mol. The van der Waals surface area contributed by atoms with Crippen LogP contribution < -0.4 is 0 Å². The molecule has 0 aromatic carbocycles. The maximum Gasteiger partial charge on any atom is 0.0887 e. The van der Waals surface area contributed by atoms with Crippen LogP contribution in [0.3, 0.4) is 0 Å². The third-order valence-electron chi connectivity index (χ3n) is 1.75. The zero-order valence-electron chi connectivity index (χ0n) is 6.14. The fourth-order valence-corrected chi connectivity index (χ4v) is 1.26. The Balaban J connectivity index is 2.32. The first-order chi connectivity index (χ1) is 4.27. The average molecular weight is 130 g/mol. The second kappa shape index (κ2) is 2.67. The SMILES string of the molecule is COCC1(C)CCCO1. The van der Waals surface area contributed by atoms with Crippen LogP contribution in [0.1, 0.15) is 19.8 Å². The van der Waals surface area contributed by atoms with E-state index in [4.69, 9.17) is 9.47 Å². The molecule has 0 aliphatic carbocycles. The van der Waals surface area contributed by atoms with E-state index in [1.165, 1.54) is 6.42 Å². The molecule has 1 atom stereocenters. The molecule has 0 N–H and O–H groups in total. The summed E-state index contributed by atoms with van der Waals surface area (Å²) in [6.07, 6.45) is 2.32. The van der Waals surface area contributed by atoms with E-state index in [2.05, 4.69) is 6.92 Å². The molecule has 0 aromatic rings.